The summed E-state index contributed by atoms with van der Waals surface area (Å²) in [6.07, 6.45) is 6.30. The Bertz CT molecular complexity index is 786. The first-order valence-corrected chi connectivity index (χ1v) is 9.14. The summed E-state index contributed by atoms with van der Waals surface area (Å²) in [5.41, 5.74) is 4.27. The largest absolute Gasteiger partial charge is 0.381 e. The minimum absolute atomic E-state index is 0.0726. The fourth-order valence-electron chi connectivity index (χ4n) is 3.71. The highest BCUT2D eigenvalue weighted by molar-refractivity contribution is 6.04. The summed E-state index contributed by atoms with van der Waals surface area (Å²) in [6.45, 7) is 3.62. The van der Waals surface area contributed by atoms with Crippen molar-refractivity contribution in [3.63, 3.8) is 0 Å². The normalized spacial score (nSPS) is 18.3. The van der Waals surface area contributed by atoms with Gasteiger partial charge in [0.1, 0.15) is 5.82 Å². The maximum absolute atomic E-state index is 12.7. The molecule has 2 aromatic rings. The summed E-state index contributed by atoms with van der Waals surface area (Å²) in [5, 5.41) is 2.98. The van der Waals surface area contributed by atoms with Crippen LogP contribution in [0.5, 0.6) is 0 Å². The van der Waals surface area contributed by atoms with E-state index in [-0.39, 0.29) is 5.91 Å². The van der Waals surface area contributed by atoms with E-state index in [9.17, 15) is 4.79 Å². The van der Waals surface area contributed by atoms with Crippen LogP contribution in [0.3, 0.4) is 0 Å². The zero-order valence-corrected chi connectivity index (χ0v) is 14.9. The monoisotopic (exact) mass is 339 g/mol. The first kappa shape index (κ1) is 16.3. The van der Waals surface area contributed by atoms with Crippen LogP contribution in [-0.4, -0.2) is 28.7 Å². The van der Waals surface area contributed by atoms with Gasteiger partial charge in [0.2, 0.25) is 0 Å². The van der Waals surface area contributed by atoms with E-state index in [4.69, 9.17) is 4.74 Å². The molecule has 2 aliphatic rings. The Labute approximate surface area is 148 Å². The maximum Gasteiger partial charge on any atom is 0.258 e. The molecule has 25 heavy (non-hydrogen) atoms. The highest BCUT2D eigenvalue weighted by Crippen LogP contribution is 2.41. The second-order valence-corrected chi connectivity index (χ2v) is 7.22. The second kappa shape index (κ2) is 6.64. The van der Waals surface area contributed by atoms with Crippen molar-refractivity contribution in [2.45, 2.75) is 44.4 Å². The zero-order chi connectivity index (χ0) is 17.4. The molecule has 4 rings (SSSR count). The van der Waals surface area contributed by atoms with Gasteiger partial charge in [-0.25, -0.2) is 4.98 Å². The molecule has 1 aliphatic heterocycles. The van der Waals surface area contributed by atoms with Crippen molar-refractivity contribution in [1.82, 2.24) is 9.55 Å². The molecular formula is C20H25N3O2. The Morgan fingerprint density at radius 1 is 1.20 bits per heavy atom. The standard InChI is InChI=1S/C20H25N3O2/c1-13-17(12-18(23(13)2)15-3-4-15)20(24)22-19-11-16(5-8-21-19)14-6-9-25-10-7-14/h5,8,11-12,14-15H,3-4,6-7,9-10H2,1-2H3,(H,21,22,24). The first-order chi connectivity index (χ1) is 12.1. The summed E-state index contributed by atoms with van der Waals surface area (Å²) in [7, 11) is 2.05. The predicted octanol–water partition coefficient (Wildman–Crippen LogP) is 3.75. The summed E-state index contributed by atoms with van der Waals surface area (Å²) in [4.78, 5) is 17.1. The molecule has 3 heterocycles. The van der Waals surface area contributed by atoms with Gasteiger partial charge in [-0.05, 0) is 68.2 Å². The van der Waals surface area contributed by atoms with Crippen molar-refractivity contribution in [3.05, 3.63) is 46.9 Å². The van der Waals surface area contributed by atoms with Gasteiger partial charge in [-0.3, -0.25) is 4.79 Å². The lowest BCUT2D eigenvalue weighted by atomic mass is 9.92. The number of aromatic nitrogens is 2. The zero-order valence-electron chi connectivity index (χ0n) is 14.9. The van der Waals surface area contributed by atoms with Crippen molar-refractivity contribution in [2.75, 3.05) is 18.5 Å². The molecule has 1 amide bonds. The Kier molecular flexibility index (Phi) is 4.34. The number of rotatable bonds is 4. The van der Waals surface area contributed by atoms with E-state index in [1.807, 2.05) is 32.2 Å². The average molecular weight is 339 g/mol. The third kappa shape index (κ3) is 3.33. The molecule has 5 nitrogen and oxygen atoms in total. The van der Waals surface area contributed by atoms with E-state index >= 15 is 0 Å². The Hall–Kier alpha value is -2.14. The average Bonchev–Trinajstić information content (AvgIpc) is 3.43. The third-order valence-corrected chi connectivity index (χ3v) is 5.53. The topological polar surface area (TPSA) is 56.1 Å². The van der Waals surface area contributed by atoms with Crippen molar-refractivity contribution in [1.29, 1.82) is 0 Å². The SMILES string of the molecule is Cc1c(C(=O)Nc2cc(C3CCOCC3)ccn2)cc(C2CC2)n1C. The lowest BCUT2D eigenvalue weighted by Gasteiger charge is -2.22. The molecule has 1 N–H and O–H groups in total. The first-order valence-electron chi connectivity index (χ1n) is 9.14. The van der Waals surface area contributed by atoms with Crippen LogP contribution in [-0.2, 0) is 11.8 Å². The molecule has 1 saturated carbocycles. The van der Waals surface area contributed by atoms with Gasteiger partial charge in [0.05, 0.1) is 5.56 Å². The van der Waals surface area contributed by atoms with Crippen LogP contribution in [0.1, 0.15) is 64.8 Å². The summed E-state index contributed by atoms with van der Waals surface area (Å²) < 4.78 is 7.59. The molecule has 0 spiro atoms. The van der Waals surface area contributed by atoms with Gasteiger partial charge in [0, 0.05) is 37.8 Å². The molecule has 2 aromatic heterocycles. The maximum atomic E-state index is 12.7. The molecule has 0 aromatic carbocycles. The van der Waals surface area contributed by atoms with Crippen LogP contribution in [0, 0.1) is 6.92 Å². The number of hydrogen-bond acceptors (Lipinski definition) is 3. The third-order valence-electron chi connectivity index (χ3n) is 5.53. The molecule has 1 aliphatic carbocycles. The minimum Gasteiger partial charge on any atom is -0.381 e. The Balaban J connectivity index is 1.52. The van der Waals surface area contributed by atoms with E-state index < -0.39 is 0 Å². The molecular weight excluding hydrogens is 314 g/mol. The molecule has 132 valence electrons. The number of amides is 1. The van der Waals surface area contributed by atoms with E-state index in [1.54, 1.807) is 6.20 Å². The van der Waals surface area contributed by atoms with Crippen LogP contribution in [0.4, 0.5) is 5.82 Å². The van der Waals surface area contributed by atoms with Gasteiger partial charge in [-0.2, -0.15) is 0 Å². The molecule has 2 fully saturated rings. The number of ether oxygens (including phenoxy) is 1. The molecule has 1 saturated heterocycles. The number of pyridine rings is 1. The number of carbonyl (C=O) groups is 1. The number of hydrogen-bond donors (Lipinski definition) is 1. The van der Waals surface area contributed by atoms with Crippen LogP contribution >= 0.6 is 0 Å². The van der Waals surface area contributed by atoms with E-state index in [0.717, 1.165) is 37.3 Å². The van der Waals surface area contributed by atoms with Gasteiger partial charge in [-0.15, -0.1) is 0 Å². The van der Waals surface area contributed by atoms with Crippen molar-refractivity contribution in [2.24, 2.45) is 7.05 Å². The van der Waals surface area contributed by atoms with Gasteiger partial charge in [0.15, 0.2) is 0 Å². The number of carbonyl (C=O) groups excluding carboxylic acids is 1. The molecule has 5 heteroatoms. The predicted molar refractivity (Wildman–Crippen MR) is 97.1 cm³/mol. The van der Waals surface area contributed by atoms with Crippen LogP contribution in [0.15, 0.2) is 24.4 Å². The molecule has 0 bridgehead atoms. The molecule has 0 radical (unpaired) electrons. The molecule has 0 atom stereocenters. The van der Waals surface area contributed by atoms with Gasteiger partial charge in [0.25, 0.3) is 5.91 Å². The second-order valence-electron chi connectivity index (χ2n) is 7.22. The van der Waals surface area contributed by atoms with E-state index in [0.29, 0.717) is 17.7 Å². The highest BCUT2D eigenvalue weighted by Gasteiger charge is 2.29. The fourth-order valence-corrected chi connectivity index (χ4v) is 3.71. The number of anilines is 1. The van der Waals surface area contributed by atoms with Crippen molar-refractivity contribution in [3.8, 4) is 0 Å². The molecule has 0 unspecified atom stereocenters. The Morgan fingerprint density at radius 3 is 2.68 bits per heavy atom. The van der Waals surface area contributed by atoms with Crippen LogP contribution in [0.2, 0.25) is 0 Å². The highest BCUT2D eigenvalue weighted by atomic mass is 16.5. The quantitative estimate of drug-likeness (QED) is 0.923. The lowest BCUT2D eigenvalue weighted by Crippen LogP contribution is -2.16. The van der Waals surface area contributed by atoms with Gasteiger partial charge >= 0.3 is 0 Å². The van der Waals surface area contributed by atoms with Gasteiger partial charge < -0.3 is 14.6 Å². The van der Waals surface area contributed by atoms with Crippen LogP contribution in [0.25, 0.3) is 0 Å². The van der Waals surface area contributed by atoms with Gasteiger partial charge in [-0.1, -0.05) is 0 Å². The number of nitrogens with one attached hydrogen (secondary N) is 1. The van der Waals surface area contributed by atoms with Crippen molar-refractivity contribution >= 4 is 11.7 Å². The van der Waals surface area contributed by atoms with Crippen LogP contribution < -0.4 is 5.32 Å². The fraction of sp³-hybridized carbons (Fsp3) is 0.500. The van der Waals surface area contributed by atoms with E-state index in [2.05, 4.69) is 14.9 Å². The van der Waals surface area contributed by atoms with E-state index in [1.165, 1.54) is 24.1 Å². The number of nitrogens with zero attached hydrogens (tertiary/aromatic N) is 2. The Morgan fingerprint density at radius 2 is 1.96 bits per heavy atom. The van der Waals surface area contributed by atoms with Crippen molar-refractivity contribution < 1.29 is 9.53 Å². The summed E-state index contributed by atoms with van der Waals surface area (Å²) in [6, 6.07) is 6.10. The summed E-state index contributed by atoms with van der Waals surface area (Å²) in [5.74, 6) is 1.68. The lowest BCUT2D eigenvalue weighted by molar-refractivity contribution is 0.0853. The smallest absolute Gasteiger partial charge is 0.258 e. The summed E-state index contributed by atoms with van der Waals surface area (Å²) >= 11 is 0. The minimum atomic E-state index is -0.0726.